The van der Waals surface area contributed by atoms with E-state index in [0.717, 1.165) is 22.5 Å². The molecule has 122 valence electrons. The van der Waals surface area contributed by atoms with Crippen LogP contribution in [-0.4, -0.2) is 13.4 Å². The lowest BCUT2D eigenvalue weighted by Gasteiger charge is -2.09. The van der Waals surface area contributed by atoms with Gasteiger partial charge in [0.05, 0.1) is 10.6 Å². The second-order valence-electron chi connectivity index (χ2n) is 5.66. The molecule has 0 unspecified atom stereocenters. The van der Waals surface area contributed by atoms with Gasteiger partial charge in [0.1, 0.15) is 0 Å². The summed E-state index contributed by atoms with van der Waals surface area (Å²) in [7, 11) is -3.58. The molecule has 0 aliphatic heterocycles. The first-order valence-corrected chi connectivity index (χ1v) is 9.06. The maximum absolute atomic E-state index is 12.4. The van der Waals surface area contributed by atoms with Crippen molar-refractivity contribution in [3.63, 3.8) is 0 Å². The summed E-state index contributed by atoms with van der Waals surface area (Å²) in [5.74, 6) is 0. The Morgan fingerprint density at radius 2 is 1.50 bits per heavy atom. The van der Waals surface area contributed by atoms with E-state index in [2.05, 4.69) is 9.71 Å². The van der Waals surface area contributed by atoms with Gasteiger partial charge in [-0.2, -0.15) is 0 Å². The third-order valence-corrected chi connectivity index (χ3v) is 5.05. The van der Waals surface area contributed by atoms with Crippen LogP contribution in [0.1, 0.15) is 11.3 Å². The molecule has 0 saturated carbocycles. The Morgan fingerprint density at radius 3 is 2.12 bits per heavy atom. The number of benzene rings is 2. The Balaban J connectivity index is 1.82. The molecular formula is C19H18N2O2S. The van der Waals surface area contributed by atoms with Crippen molar-refractivity contribution in [3.05, 3.63) is 78.0 Å². The standard InChI is InChI=1S/C19H18N2O2S/c1-14-6-12-18(13-7-14)24(22,23)21-17-10-8-16(9-11-17)19-5-3-4-15(2)20-19/h3-13,21H,1-2H3. The van der Waals surface area contributed by atoms with Crippen molar-refractivity contribution in [1.82, 2.24) is 4.98 Å². The molecule has 0 aliphatic rings. The molecule has 0 atom stereocenters. The molecule has 0 spiro atoms. The van der Waals surface area contributed by atoms with E-state index in [1.54, 1.807) is 36.4 Å². The molecule has 3 rings (SSSR count). The Labute approximate surface area is 142 Å². The van der Waals surface area contributed by atoms with E-state index in [1.807, 2.05) is 44.2 Å². The number of pyridine rings is 1. The minimum absolute atomic E-state index is 0.248. The van der Waals surface area contributed by atoms with E-state index in [9.17, 15) is 8.42 Å². The Hall–Kier alpha value is -2.66. The van der Waals surface area contributed by atoms with Crippen LogP contribution in [0.4, 0.5) is 5.69 Å². The average Bonchev–Trinajstić information content (AvgIpc) is 2.55. The van der Waals surface area contributed by atoms with Crippen molar-refractivity contribution in [2.75, 3.05) is 4.72 Å². The van der Waals surface area contributed by atoms with Crippen LogP contribution in [0.3, 0.4) is 0 Å². The summed E-state index contributed by atoms with van der Waals surface area (Å²) in [5.41, 5.74) is 4.28. The molecule has 1 N–H and O–H groups in total. The number of nitrogens with zero attached hydrogens (tertiary/aromatic N) is 1. The fourth-order valence-corrected chi connectivity index (χ4v) is 3.40. The number of hydrogen-bond donors (Lipinski definition) is 1. The number of aryl methyl sites for hydroxylation is 2. The van der Waals surface area contributed by atoms with Crippen molar-refractivity contribution >= 4 is 15.7 Å². The van der Waals surface area contributed by atoms with Gasteiger partial charge < -0.3 is 0 Å². The summed E-state index contributed by atoms with van der Waals surface area (Å²) in [4.78, 5) is 4.71. The molecule has 1 aromatic heterocycles. The first-order valence-electron chi connectivity index (χ1n) is 7.58. The van der Waals surface area contributed by atoms with E-state index in [0.29, 0.717) is 5.69 Å². The predicted molar refractivity (Wildman–Crippen MR) is 96.4 cm³/mol. The summed E-state index contributed by atoms with van der Waals surface area (Å²) in [6.45, 7) is 3.86. The summed E-state index contributed by atoms with van der Waals surface area (Å²) in [5, 5.41) is 0. The predicted octanol–water partition coefficient (Wildman–Crippen LogP) is 4.17. The van der Waals surface area contributed by atoms with Gasteiger partial charge in [-0.15, -0.1) is 0 Å². The third-order valence-electron chi connectivity index (χ3n) is 3.65. The fraction of sp³-hybridized carbons (Fsp3) is 0.105. The second kappa shape index (κ2) is 6.45. The van der Waals surface area contributed by atoms with Crippen LogP contribution in [0.15, 0.2) is 71.6 Å². The van der Waals surface area contributed by atoms with Gasteiger partial charge in [0.15, 0.2) is 0 Å². The number of anilines is 1. The van der Waals surface area contributed by atoms with E-state index in [-0.39, 0.29) is 4.90 Å². The summed E-state index contributed by atoms with van der Waals surface area (Å²) in [6.07, 6.45) is 0. The van der Waals surface area contributed by atoms with Crippen LogP contribution in [0.25, 0.3) is 11.3 Å². The number of hydrogen-bond acceptors (Lipinski definition) is 3. The summed E-state index contributed by atoms with van der Waals surface area (Å²) < 4.78 is 27.4. The molecule has 2 aromatic carbocycles. The van der Waals surface area contributed by atoms with Gasteiger partial charge in [0, 0.05) is 16.9 Å². The lowest BCUT2D eigenvalue weighted by atomic mass is 10.1. The van der Waals surface area contributed by atoms with E-state index < -0.39 is 10.0 Å². The normalized spacial score (nSPS) is 11.2. The van der Waals surface area contributed by atoms with Crippen molar-refractivity contribution in [1.29, 1.82) is 0 Å². The smallest absolute Gasteiger partial charge is 0.261 e. The Kier molecular flexibility index (Phi) is 4.36. The van der Waals surface area contributed by atoms with E-state index >= 15 is 0 Å². The number of sulfonamides is 1. The molecule has 1 heterocycles. The number of nitrogens with one attached hydrogen (secondary N) is 1. The monoisotopic (exact) mass is 338 g/mol. The van der Waals surface area contributed by atoms with Crippen LogP contribution in [0.2, 0.25) is 0 Å². The van der Waals surface area contributed by atoms with Crippen molar-refractivity contribution in [2.45, 2.75) is 18.7 Å². The zero-order chi connectivity index (χ0) is 17.2. The van der Waals surface area contributed by atoms with Gasteiger partial charge in [-0.1, -0.05) is 35.9 Å². The first kappa shape index (κ1) is 16.2. The summed E-state index contributed by atoms with van der Waals surface area (Å²) in [6, 6.07) is 19.8. The molecular weight excluding hydrogens is 320 g/mol. The fourth-order valence-electron chi connectivity index (χ4n) is 2.34. The number of aromatic nitrogens is 1. The molecule has 0 aliphatic carbocycles. The molecule has 3 aromatic rings. The minimum Gasteiger partial charge on any atom is -0.280 e. The molecule has 0 radical (unpaired) electrons. The van der Waals surface area contributed by atoms with Crippen LogP contribution < -0.4 is 4.72 Å². The molecule has 0 amide bonds. The van der Waals surface area contributed by atoms with Crippen molar-refractivity contribution < 1.29 is 8.42 Å². The average molecular weight is 338 g/mol. The quantitative estimate of drug-likeness (QED) is 0.777. The summed E-state index contributed by atoms with van der Waals surface area (Å²) >= 11 is 0. The molecule has 24 heavy (non-hydrogen) atoms. The van der Waals surface area contributed by atoms with E-state index in [4.69, 9.17) is 0 Å². The largest absolute Gasteiger partial charge is 0.280 e. The van der Waals surface area contributed by atoms with Gasteiger partial charge in [-0.3, -0.25) is 9.71 Å². The maximum Gasteiger partial charge on any atom is 0.261 e. The molecule has 5 heteroatoms. The molecule has 4 nitrogen and oxygen atoms in total. The Bertz CT molecular complexity index is 947. The van der Waals surface area contributed by atoms with Crippen molar-refractivity contribution in [2.24, 2.45) is 0 Å². The highest BCUT2D eigenvalue weighted by Gasteiger charge is 2.13. The van der Waals surface area contributed by atoms with Gasteiger partial charge in [0.25, 0.3) is 10.0 Å². The highest BCUT2D eigenvalue weighted by molar-refractivity contribution is 7.92. The van der Waals surface area contributed by atoms with Gasteiger partial charge in [0.2, 0.25) is 0 Å². The van der Waals surface area contributed by atoms with Gasteiger partial charge in [-0.05, 0) is 50.2 Å². The van der Waals surface area contributed by atoms with Crippen LogP contribution in [-0.2, 0) is 10.0 Å². The lowest BCUT2D eigenvalue weighted by molar-refractivity contribution is 0.601. The highest BCUT2D eigenvalue weighted by Crippen LogP contribution is 2.22. The van der Waals surface area contributed by atoms with Crippen molar-refractivity contribution in [3.8, 4) is 11.3 Å². The highest BCUT2D eigenvalue weighted by atomic mass is 32.2. The third kappa shape index (κ3) is 3.63. The van der Waals surface area contributed by atoms with Gasteiger partial charge in [-0.25, -0.2) is 8.42 Å². The SMILES string of the molecule is Cc1ccc(S(=O)(=O)Nc2ccc(-c3cccc(C)n3)cc2)cc1. The van der Waals surface area contributed by atoms with E-state index in [1.165, 1.54) is 0 Å². The molecule has 0 fully saturated rings. The van der Waals surface area contributed by atoms with Crippen LogP contribution >= 0.6 is 0 Å². The maximum atomic E-state index is 12.4. The second-order valence-corrected chi connectivity index (χ2v) is 7.34. The number of rotatable bonds is 4. The first-order chi connectivity index (χ1) is 11.4. The minimum atomic E-state index is -3.58. The molecule has 0 saturated heterocycles. The van der Waals surface area contributed by atoms with Crippen LogP contribution in [0.5, 0.6) is 0 Å². The molecule has 0 bridgehead atoms. The van der Waals surface area contributed by atoms with Crippen LogP contribution in [0, 0.1) is 13.8 Å². The lowest BCUT2D eigenvalue weighted by Crippen LogP contribution is -2.12. The zero-order valence-corrected chi connectivity index (χ0v) is 14.3. The topological polar surface area (TPSA) is 59.1 Å². The Morgan fingerprint density at radius 1 is 0.833 bits per heavy atom. The zero-order valence-electron chi connectivity index (χ0n) is 13.5. The van der Waals surface area contributed by atoms with Gasteiger partial charge >= 0.3 is 0 Å².